The maximum Gasteiger partial charge on any atom is 0.223 e. The fourth-order valence-electron chi connectivity index (χ4n) is 3.68. The highest BCUT2D eigenvalue weighted by molar-refractivity contribution is 7.71. The van der Waals surface area contributed by atoms with Crippen molar-refractivity contribution in [3.63, 3.8) is 0 Å². The molecular formula is C21H29N5O3S. The summed E-state index contributed by atoms with van der Waals surface area (Å²) in [5, 5.41) is 12.8. The van der Waals surface area contributed by atoms with Crippen molar-refractivity contribution in [2.75, 3.05) is 20.2 Å². The Kier molecular flexibility index (Phi) is 8.01. The molecule has 1 aromatic carbocycles. The molecule has 0 bridgehead atoms. The maximum absolute atomic E-state index is 12.2. The van der Waals surface area contributed by atoms with Crippen molar-refractivity contribution in [1.82, 2.24) is 25.4 Å². The van der Waals surface area contributed by atoms with Gasteiger partial charge < -0.3 is 15.4 Å². The third-order valence-corrected chi connectivity index (χ3v) is 5.70. The Bertz CT molecular complexity index is 900. The van der Waals surface area contributed by atoms with Crippen molar-refractivity contribution in [2.45, 2.75) is 45.1 Å². The first kappa shape index (κ1) is 22.0. The highest BCUT2D eigenvalue weighted by Crippen LogP contribution is 2.23. The zero-order valence-electron chi connectivity index (χ0n) is 17.3. The number of H-pyrrole nitrogens is 1. The molecule has 2 amide bonds. The smallest absolute Gasteiger partial charge is 0.223 e. The lowest BCUT2D eigenvalue weighted by atomic mass is 9.89. The standard InChI is InChI=1S/C21H29N5O3S/c1-29-17-9-7-15(8-10-17)19-24-25-21(30)26(19)14-11-18(27)22-12-13-23-20(28)16-5-3-2-4-6-16/h7-10,16H,2-6,11-14H2,1H3,(H,22,27)(H,23,28)(H,25,30). The Hall–Kier alpha value is -2.68. The Morgan fingerprint density at radius 1 is 1.17 bits per heavy atom. The molecule has 8 nitrogen and oxygen atoms in total. The second-order valence-electron chi connectivity index (χ2n) is 7.46. The first-order valence-corrected chi connectivity index (χ1v) is 10.8. The average molecular weight is 432 g/mol. The first-order valence-electron chi connectivity index (χ1n) is 10.4. The van der Waals surface area contributed by atoms with Crippen LogP contribution in [0.5, 0.6) is 5.75 Å². The predicted molar refractivity (Wildman–Crippen MR) is 117 cm³/mol. The van der Waals surface area contributed by atoms with Crippen molar-refractivity contribution in [2.24, 2.45) is 5.92 Å². The van der Waals surface area contributed by atoms with Crippen LogP contribution >= 0.6 is 12.2 Å². The highest BCUT2D eigenvalue weighted by Gasteiger charge is 2.20. The summed E-state index contributed by atoms with van der Waals surface area (Å²) in [6.45, 7) is 1.28. The van der Waals surface area contributed by atoms with Crippen molar-refractivity contribution in [1.29, 1.82) is 0 Å². The molecule has 1 saturated carbocycles. The highest BCUT2D eigenvalue weighted by atomic mass is 32.1. The van der Waals surface area contributed by atoms with Crippen LogP contribution in [-0.4, -0.2) is 46.8 Å². The number of nitrogens with one attached hydrogen (secondary N) is 3. The van der Waals surface area contributed by atoms with Crippen molar-refractivity contribution >= 4 is 24.0 Å². The molecule has 1 aromatic heterocycles. The summed E-state index contributed by atoms with van der Waals surface area (Å²) < 4.78 is 7.45. The molecule has 1 aliphatic rings. The summed E-state index contributed by atoms with van der Waals surface area (Å²) in [5.74, 6) is 1.59. The van der Waals surface area contributed by atoms with E-state index in [0.717, 1.165) is 37.0 Å². The fraction of sp³-hybridized carbons (Fsp3) is 0.524. The van der Waals surface area contributed by atoms with Crippen LogP contribution in [-0.2, 0) is 16.1 Å². The van der Waals surface area contributed by atoms with E-state index in [-0.39, 0.29) is 24.2 Å². The lowest BCUT2D eigenvalue weighted by molar-refractivity contribution is -0.126. The quantitative estimate of drug-likeness (QED) is 0.419. The van der Waals surface area contributed by atoms with Crippen LogP contribution < -0.4 is 15.4 Å². The number of hydrogen-bond acceptors (Lipinski definition) is 5. The lowest BCUT2D eigenvalue weighted by Gasteiger charge is -2.20. The largest absolute Gasteiger partial charge is 0.497 e. The van der Waals surface area contributed by atoms with Gasteiger partial charge in [0.15, 0.2) is 10.6 Å². The minimum absolute atomic E-state index is 0.0919. The summed E-state index contributed by atoms with van der Waals surface area (Å²) in [5.41, 5.74) is 0.883. The van der Waals surface area contributed by atoms with E-state index in [1.807, 2.05) is 28.8 Å². The molecule has 0 aliphatic heterocycles. The molecule has 9 heteroatoms. The Morgan fingerprint density at radius 2 is 1.87 bits per heavy atom. The summed E-state index contributed by atoms with van der Waals surface area (Å²) >= 11 is 5.31. The van der Waals surface area contributed by atoms with Gasteiger partial charge in [-0.05, 0) is 49.3 Å². The molecular weight excluding hydrogens is 402 g/mol. The van der Waals surface area contributed by atoms with Gasteiger partial charge in [-0.1, -0.05) is 19.3 Å². The molecule has 3 N–H and O–H groups in total. The third kappa shape index (κ3) is 5.91. The second-order valence-corrected chi connectivity index (χ2v) is 7.85. The maximum atomic E-state index is 12.2. The summed E-state index contributed by atoms with van der Waals surface area (Å²) in [4.78, 5) is 24.3. The van der Waals surface area contributed by atoms with Gasteiger partial charge in [-0.2, -0.15) is 5.10 Å². The second kappa shape index (κ2) is 10.9. The van der Waals surface area contributed by atoms with Gasteiger partial charge in [-0.3, -0.25) is 19.3 Å². The van der Waals surface area contributed by atoms with Crippen molar-refractivity contribution < 1.29 is 14.3 Å². The third-order valence-electron chi connectivity index (χ3n) is 5.39. The van der Waals surface area contributed by atoms with Gasteiger partial charge in [-0.15, -0.1) is 0 Å². The van der Waals surface area contributed by atoms with E-state index in [4.69, 9.17) is 17.0 Å². The Morgan fingerprint density at radius 3 is 2.57 bits per heavy atom. The van der Waals surface area contributed by atoms with Gasteiger partial charge >= 0.3 is 0 Å². The molecule has 0 spiro atoms. The van der Waals surface area contributed by atoms with Gasteiger partial charge in [0.1, 0.15) is 5.75 Å². The minimum Gasteiger partial charge on any atom is -0.497 e. The van der Waals surface area contributed by atoms with Gasteiger partial charge in [0, 0.05) is 37.5 Å². The molecule has 30 heavy (non-hydrogen) atoms. The zero-order chi connectivity index (χ0) is 21.3. The number of nitrogens with zero attached hydrogens (tertiary/aromatic N) is 2. The molecule has 3 rings (SSSR count). The number of carbonyl (C=O) groups excluding carboxylic acids is 2. The predicted octanol–water partition coefficient (Wildman–Crippen LogP) is 2.82. The Labute approximate surface area is 181 Å². The van der Waals surface area contributed by atoms with E-state index in [1.54, 1.807) is 7.11 Å². The number of ether oxygens (including phenoxy) is 1. The number of carbonyl (C=O) groups is 2. The van der Waals surface area contributed by atoms with Crippen molar-refractivity contribution in [3.05, 3.63) is 29.0 Å². The van der Waals surface area contributed by atoms with E-state index >= 15 is 0 Å². The van der Waals surface area contributed by atoms with E-state index < -0.39 is 0 Å². The number of aromatic nitrogens is 3. The van der Waals surface area contributed by atoms with Crippen LogP contribution in [0.2, 0.25) is 0 Å². The summed E-state index contributed by atoms with van der Waals surface area (Å²) in [7, 11) is 1.62. The molecule has 1 fully saturated rings. The fourth-order valence-corrected chi connectivity index (χ4v) is 3.91. The minimum atomic E-state index is -0.0919. The topological polar surface area (TPSA) is 101 Å². The van der Waals surface area contributed by atoms with Crippen LogP contribution in [0.25, 0.3) is 11.4 Å². The zero-order valence-corrected chi connectivity index (χ0v) is 18.1. The first-order chi connectivity index (χ1) is 14.6. The van der Waals surface area contributed by atoms with Crippen LogP contribution in [0, 0.1) is 10.7 Å². The van der Waals surface area contributed by atoms with Crippen LogP contribution in [0.3, 0.4) is 0 Å². The molecule has 2 aromatic rings. The lowest BCUT2D eigenvalue weighted by Crippen LogP contribution is -2.38. The van der Waals surface area contributed by atoms with Crippen LogP contribution in [0.1, 0.15) is 38.5 Å². The van der Waals surface area contributed by atoms with Crippen LogP contribution in [0.15, 0.2) is 24.3 Å². The number of amides is 2. The van der Waals surface area contributed by atoms with E-state index in [1.165, 1.54) is 6.42 Å². The molecule has 0 atom stereocenters. The average Bonchev–Trinajstić information content (AvgIpc) is 3.16. The molecule has 0 radical (unpaired) electrons. The summed E-state index contributed by atoms with van der Waals surface area (Å²) in [6, 6.07) is 7.50. The normalized spacial score (nSPS) is 14.3. The van der Waals surface area contributed by atoms with Crippen molar-refractivity contribution in [3.8, 4) is 17.1 Å². The summed E-state index contributed by atoms with van der Waals surface area (Å²) in [6.07, 6.45) is 5.70. The molecule has 1 heterocycles. The molecule has 0 saturated heterocycles. The number of aromatic amines is 1. The van der Waals surface area contributed by atoms with E-state index in [9.17, 15) is 9.59 Å². The molecule has 0 unspecified atom stereocenters. The van der Waals surface area contributed by atoms with E-state index in [0.29, 0.717) is 30.2 Å². The molecule has 1 aliphatic carbocycles. The molecule has 162 valence electrons. The number of hydrogen-bond donors (Lipinski definition) is 3. The monoisotopic (exact) mass is 431 g/mol. The Balaban J connectivity index is 1.44. The van der Waals surface area contributed by atoms with Gasteiger partial charge in [0.2, 0.25) is 11.8 Å². The van der Waals surface area contributed by atoms with Gasteiger partial charge in [0.25, 0.3) is 0 Å². The van der Waals surface area contributed by atoms with E-state index in [2.05, 4.69) is 20.8 Å². The number of benzene rings is 1. The SMILES string of the molecule is COc1ccc(-c2n[nH]c(=S)n2CCC(=O)NCCNC(=O)C2CCCCC2)cc1. The van der Waals surface area contributed by atoms with Crippen LogP contribution in [0.4, 0.5) is 0 Å². The number of methoxy groups -OCH3 is 1. The van der Waals surface area contributed by atoms with Gasteiger partial charge in [-0.25, -0.2) is 0 Å². The van der Waals surface area contributed by atoms with Gasteiger partial charge in [0.05, 0.1) is 7.11 Å². The number of rotatable bonds is 9.